The van der Waals surface area contributed by atoms with Crippen molar-refractivity contribution >= 4 is 24.3 Å². The molecular weight excluding hydrogens is 402 g/mol. The number of nitrogens with one attached hydrogen (secondary N) is 1. The molecule has 168 valence electrons. The van der Waals surface area contributed by atoms with Crippen LogP contribution in [0.3, 0.4) is 0 Å². The van der Waals surface area contributed by atoms with Gasteiger partial charge in [-0.05, 0) is 56.1 Å². The third-order valence-corrected chi connectivity index (χ3v) is 5.07. The number of aliphatic imine (C=N–C) groups is 2. The number of likely N-dealkylation sites (N-methyl/N-ethyl adjacent to an activating group) is 1. The lowest BCUT2D eigenvalue weighted by Gasteiger charge is -2.19. The molecule has 2 aromatic rings. The Hall–Kier alpha value is -3.29. The van der Waals surface area contributed by atoms with Crippen LogP contribution in [-0.4, -0.2) is 64.5 Å². The summed E-state index contributed by atoms with van der Waals surface area (Å²) in [5, 5.41) is 3.07. The minimum Gasteiger partial charge on any atom is -0.497 e. The molecule has 2 heterocycles. The normalized spacial score (nSPS) is 16.7. The highest BCUT2D eigenvalue weighted by molar-refractivity contribution is 6.12. The summed E-state index contributed by atoms with van der Waals surface area (Å²) in [5.41, 5.74) is 3.93. The number of methoxy groups -OCH3 is 1. The zero-order chi connectivity index (χ0) is 22.6. The maximum Gasteiger partial charge on any atom is 0.133 e. The van der Waals surface area contributed by atoms with E-state index in [0.717, 1.165) is 53.6 Å². The Bertz CT molecular complexity index is 969. The van der Waals surface area contributed by atoms with Crippen LogP contribution in [0, 0.1) is 0 Å². The largest absolute Gasteiger partial charge is 0.497 e. The number of amidine groups is 1. The summed E-state index contributed by atoms with van der Waals surface area (Å²) in [5.74, 6) is 1.71. The van der Waals surface area contributed by atoms with Crippen LogP contribution in [0.15, 0.2) is 76.1 Å². The average Bonchev–Trinajstić information content (AvgIpc) is 3.26. The van der Waals surface area contributed by atoms with E-state index in [1.54, 1.807) is 13.3 Å². The van der Waals surface area contributed by atoms with E-state index in [-0.39, 0.29) is 0 Å². The molecule has 1 fully saturated rings. The Morgan fingerprint density at radius 1 is 1.28 bits per heavy atom. The summed E-state index contributed by atoms with van der Waals surface area (Å²) in [6.45, 7) is 7.25. The minimum absolute atomic E-state index is 0.565. The van der Waals surface area contributed by atoms with Crippen LogP contribution in [0.25, 0.3) is 6.08 Å². The molecule has 0 atom stereocenters. The highest BCUT2D eigenvalue weighted by atomic mass is 16.5. The Labute approximate surface area is 190 Å². The molecule has 1 aromatic carbocycles. The van der Waals surface area contributed by atoms with Crippen LogP contribution in [0.1, 0.15) is 12.0 Å². The quantitative estimate of drug-likeness (QED) is 0.433. The lowest BCUT2D eigenvalue weighted by atomic mass is 10.1. The Morgan fingerprint density at radius 2 is 2.19 bits per heavy atom. The topological polar surface area (TPSA) is 71.3 Å². The fourth-order valence-corrected chi connectivity index (χ4v) is 3.45. The molecule has 0 unspecified atom stereocenters. The predicted octanol–water partition coefficient (Wildman–Crippen LogP) is 3.60. The molecule has 1 aliphatic rings. The van der Waals surface area contributed by atoms with Gasteiger partial charge < -0.3 is 19.7 Å². The molecule has 32 heavy (non-hydrogen) atoms. The van der Waals surface area contributed by atoms with Crippen LogP contribution >= 0.6 is 0 Å². The summed E-state index contributed by atoms with van der Waals surface area (Å²) in [4.78, 5) is 15.7. The van der Waals surface area contributed by atoms with Crippen LogP contribution < -0.4 is 15.0 Å². The highest BCUT2D eigenvalue weighted by Gasteiger charge is 2.27. The Morgan fingerprint density at radius 3 is 2.94 bits per heavy atom. The molecule has 1 aromatic heterocycles. The van der Waals surface area contributed by atoms with Gasteiger partial charge in [-0.25, -0.2) is 0 Å². The molecule has 1 aliphatic heterocycles. The zero-order valence-electron chi connectivity index (χ0n) is 18.8. The molecule has 0 saturated carbocycles. The van der Waals surface area contributed by atoms with E-state index in [9.17, 15) is 0 Å². The molecule has 7 nitrogen and oxygen atoms in total. The lowest BCUT2D eigenvalue weighted by molar-refractivity contribution is 0.145. The van der Waals surface area contributed by atoms with E-state index >= 15 is 0 Å². The second kappa shape index (κ2) is 12.5. The molecule has 0 radical (unpaired) electrons. The van der Waals surface area contributed by atoms with Crippen molar-refractivity contribution < 1.29 is 9.47 Å². The summed E-state index contributed by atoms with van der Waals surface area (Å²) in [6.07, 6.45) is 8.46. The summed E-state index contributed by atoms with van der Waals surface area (Å²) < 4.78 is 11.0. The van der Waals surface area contributed by atoms with Crippen molar-refractivity contribution in [3.63, 3.8) is 0 Å². The van der Waals surface area contributed by atoms with Crippen molar-refractivity contribution in [1.29, 1.82) is 0 Å². The van der Waals surface area contributed by atoms with Gasteiger partial charge >= 0.3 is 0 Å². The first-order valence-electron chi connectivity index (χ1n) is 10.7. The second-order valence-corrected chi connectivity index (χ2v) is 7.17. The SMILES string of the molecule is C=NC(/C=C/c1cccc(OC)c1)=C1/CCN(c2cccnc2)C1=NCCOCCNC. The number of benzene rings is 1. The van der Waals surface area contributed by atoms with Crippen molar-refractivity contribution in [1.82, 2.24) is 10.3 Å². The molecule has 0 spiro atoms. The maximum atomic E-state index is 5.65. The number of rotatable bonds is 11. The monoisotopic (exact) mass is 433 g/mol. The van der Waals surface area contributed by atoms with Gasteiger partial charge in [-0.3, -0.25) is 15.0 Å². The number of ether oxygens (including phenoxy) is 2. The number of hydrogen-bond acceptors (Lipinski definition) is 6. The van der Waals surface area contributed by atoms with Crippen molar-refractivity contribution in [3.8, 4) is 5.75 Å². The summed E-state index contributed by atoms with van der Waals surface area (Å²) in [6, 6.07) is 11.9. The van der Waals surface area contributed by atoms with E-state index in [2.05, 4.69) is 26.9 Å². The van der Waals surface area contributed by atoms with Crippen molar-refractivity contribution in [2.75, 3.05) is 51.9 Å². The lowest BCUT2D eigenvalue weighted by Crippen LogP contribution is -2.26. The number of pyridine rings is 1. The third-order valence-electron chi connectivity index (χ3n) is 5.07. The molecule has 1 N–H and O–H groups in total. The van der Waals surface area contributed by atoms with Crippen LogP contribution in [0.5, 0.6) is 5.75 Å². The van der Waals surface area contributed by atoms with E-state index in [1.165, 1.54) is 0 Å². The number of allylic oxidation sites excluding steroid dienone is 1. The van der Waals surface area contributed by atoms with Crippen molar-refractivity contribution in [2.24, 2.45) is 9.98 Å². The van der Waals surface area contributed by atoms with E-state index in [4.69, 9.17) is 14.5 Å². The van der Waals surface area contributed by atoms with Gasteiger partial charge in [0.2, 0.25) is 0 Å². The third kappa shape index (κ3) is 6.35. The number of anilines is 1. The maximum absolute atomic E-state index is 5.65. The summed E-state index contributed by atoms with van der Waals surface area (Å²) in [7, 11) is 3.58. The van der Waals surface area contributed by atoms with Crippen LogP contribution in [0.2, 0.25) is 0 Å². The van der Waals surface area contributed by atoms with E-state index in [0.29, 0.717) is 19.8 Å². The summed E-state index contributed by atoms with van der Waals surface area (Å²) >= 11 is 0. The van der Waals surface area contributed by atoms with Gasteiger partial charge in [0, 0.05) is 24.9 Å². The van der Waals surface area contributed by atoms with Crippen LogP contribution in [0.4, 0.5) is 5.69 Å². The number of aromatic nitrogens is 1. The smallest absolute Gasteiger partial charge is 0.133 e. The minimum atomic E-state index is 0.565. The van der Waals surface area contributed by atoms with Gasteiger partial charge in [0.1, 0.15) is 11.6 Å². The second-order valence-electron chi connectivity index (χ2n) is 7.17. The molecule has 1 saturated heterocycles. The predicted molar refractivity (Wildman–Crippen MR) is 132 cm³/mol. The van der Waals surface area contributed by atoms with Gasteiger partial charge in [0.05, 0.1) is 44.4 Å². The number of nitrogens with zero attached hydrogens (tertiary/aromatic N) is 4. The Balaban J connectivity index is 1.86. The first kappa shape index (κ1) is 23.4. The van der Waals surface area contributed by atoms with Gasteiger partial charge in [0.15, 0.2) is 0 Å². The van der Waals surface area contributed by atoms with Gasteiger partial charge in [-0.1, -0.05) is 18.2 Å². The first-order valence-corrected chi connectivity index (χ1v) is 10.7. The fraction of sp³-hybridized carbons (Fsp3) is 0.320. The Kier molecular flexibility index (Phi) is 9.16. The molecule has 0 bridgehead atoms. The fourth-order valence-electron chi connectivity index (χ4n) is 3.45. The first-order chi connectivity index (χ1) is 15.8. The highest BCUT2D eigenvalue weighted by Crippen LogP contribution is 2.28. The van der Waals surface area contributed by atoms with E-state index in [1.807, 2.05) is 61.8 Å². The van der Waals surface area contributed by atoms with Crippen molar-refractivity contribution in [2.45, 2.75) is 6.42 Å². The van der Waals surface area contributed by atoms with E-state index < -0.39 is 0 Å². The van der Waals surface area contributed by atoms with Gasteiger partial charge in [-0.15, -0.1) is 0 Å². The average molecular weight is 434 g/mol. The van der Waals surface area contributed by atoms with Crippen molar-refractivity contribution in [3.05, 3.63) is 71.7 Å². The van der Waals surface area contributed by atoms with Gasteiger partial charge in [-0.2, -0.15) is 0 Å². The molecule has 0 amide bonds. The van der Waals surface area contributed by atoms with Gasteiger partial charge in [0.25, 0.3) is 0 Å². The molecule has 7 heteroatoms. The standard InChI is InChI=1S/C25H31N5O2/c1-26-13-16-32-17-14-29-25-23(11-15-30(25)21-7-5-12-28-19-21)24(27-2)10-9-20-6-4-8-22(18-20)31-3/h4-10,12,18-19,26H,2,11,13-17H2,1,3H3/b10-9+,24-23-,29-25?. The molecule has 0 aliphatic carbocycles. The molecular formula is C25H31N5O2. The van der Waals surface area contributed by atoms with Crippen LogP contribution in [-0.2, 0) is 4.74 Å². The molecule has 3 rings (SSSR count). The zero-order valence-corrected chi connectivity index (χ0v) is 18.8. The number of hydrogen-bond donors (Lipinski definition) is 1.